The summed E-state index contributed by atoms with van der Waals surface area (Å²) in [5, 5.41) is 149. The summed E-state index contributed by atoms with van der Waals surface area (Å²) >= 11 is 0. The molecule has 0 radical (unpaired) electrons. The minimum Gasteiger partial charge on any atom is -0.394 e. The van der Waals surface area contributed by atoms with Crippen molar-refractivity contribution in [2.24, 2.45) is 0 Å². The molecular formula is C33H57NO25. The van der Waals surface area contributed by atoms with Crippen molar-refractivity contribution in [3.8, 4) is 0 Å². The zero-order chi connectivity index (χ0) is 43.6. The fourth-order valence-corrected chi connectivity index (χ4v) is 7.34. The van der Waals surface area contributed by atoms with Crippen molar-refractivity contribution < 1.29 is 124 Å². The standard InChI is InChI=1S/C33H57NO25/c1-8-15(38)19(42)23(46)30(53-8)51-6-12-17(40)21(44)25(48)32(56-12)58-27-11(5-36)55-29(50-3)14(34-9(2)37)28(27)59-33-26(49)22(45)18(41)13(57-33)7-52-31-24(47)20(43)16(39)10(4-35)54-31/h8,10-33,35-36,38-49H,4-7H2,1-3H3,(H,34,37)/t8-,10+,11+,12+,13+,14+,15-,16+,17+,18+,19+,20-,21-,22-,23+,24+,25+,26+,27-,28+,29-,30+,31-,32+,33-/m0/s1. The van der Waals surface area contributed by atoms with Crippen molar-refractivity contribution in [2.45, 2.75) is 167 Å². The molecule has 15 N–H and O–H groups in total. The van der Waals surface area contributed by atoms with E-state index in [9.17, 15) is 76.3 Å². The van der Waals surface area contributed by atoms with Crippen molar-refractivity contribution in [3.63, 3.8) is 0 Å². The SMILES string of the molecule is CO[C@H]1O[C@H](CO)[C@H](O[C@H]2O[C@H](CO[C@@H]3O[C@@H](C)[C@H](O)[C@@H](O)[C@H]3O)[C@@H](O)[C@H](O)[C@H]2O)[C@H](O[C@@H]2O[C@H](CO[C@H]3O[C@H](CO)[C@@H](O)[C@H](O)[C@H]3O)[C@@H](O)[C@H](O)[C@H]2O)[C@H]1NC(C)=O. The van der Waals surface area contributed by atoms with Gasteiger partial charge in [-0.2, -0.15) is 0 Å². The second-order valence-corrected chi connectivity index (χ2v) is 15.0. The molecule has 5 rings (SSSR count). The first-order valence-corrected chi connectivity index (χ1v) is 18.8. The summed E-state index contributed by atoms with van der Waals surface area (Å²) < 4.78 is 56.6. The van der Waals surface area contributed by atoms with Crippen LogP contribution in [-0.4, -0.2) is 264 Å². The number of methoxy groups -OCH3 is 1. The van der Waals surface area contributed by atoms with E-state index in [0.717, 1.165) is 6.92 Å². The van der Waals surface area contributed by atoms with E-state index in [1.165, 1.54) is 14.0 Å². The van der Waals surface area contributed by atoms with Crippen LogP contribution in [0.25, 0.3) is 0 Å². The molecule has 5 saturated heterocycles. The summed E-state index contributed by atoms with van der Waals surface area (Å²) in [5.74, 6) is -0.689. The fraction of sp³-hybridized carbons (Fsp3) is 0.970. The van der Waals surface area contributed by atoms with E-state index in [1.807, 2.05) is 0 Å². The van der Waals surface area contributed by atoms with Gasteiger partial charge in [-0.05, 0) is 6.92 Å². The summed E-state index contributed by atoms with van der Waals surface area (Å²) in [7, 11) is 1.17. The molecule has 26 nitrogen and oxygen atoms in total. The van der Waals surface area contributed by atoms with Gasteiger partial charge in [-0.1, -0.05) is 0 Å². The molecular weight excluding hydrogens is 810 g/mol. The number of aliphatic hydroxyl groups is 14. The lowest BCUT2D eigenvalue weighted by Crippen LogP contribution is -2.70. The maximum absolute atomic E-state index is 12.5. The number of ether oxygens (including phenoxy) is 10. The minimum absolute atomic E-state index is 0.665. The Labute approximate surface area is 335 Å². The number of hydrogen-bond donors (Lipinski definition) is 15. The van der Waals surface area contributed by atoms with Crippen LogP contribution < -0.4 is 5.32 Å². The van der Waals surface area contributed by atoms with Crippen molar-refractivity contribution >= 4 is 5.91 Å². The fourth-order valence-electron chi connectivity index (χ4n) is 7.34. The minimum atomic E-state index is -2.06. The molecule has 0 spiro atoms. The van der Waals surface area contributed by atoms with Crippen LogP contribution in [0.5, 0.6) is 0 Å². The normalized spacial score (nSPS) is 51.0. The van der Waals surface area contributed by atoms with Crippen molar-refractivity contribution in [1.29, 1.82) is 0 Å². The van der Waals surface area contributed by atoms with Gasteiger partial charge in [0.15, 0.2) is 31.5 Å². The van der Waals surface area contributed by atoms with Gasteiger partial charge in [0.2, 0.25) is 5.91 Å². The first-order valence-electron chi connectivity index (χ1n) is 18.8. The molecule has 59 heavy (non-hydrogen) atoms. The molecule has 0 saturated carbocycles. The molecule has 26 heteroatoms. The largest absolute Gasteiger partial charge is 0.394 e. The number of carbonyl (C=O) groups excluding carboxylic acids is 1. The zero-order valence-corrected chi connectivity index (χ0v) is 32.0. The van der Waals surface area contributed by atoms with Crippen LogP contribution in [0.2, 0.25) is 0 Å². The smallest absolute Gasteiger partial charge is 0.217 e. The third kappa shape index (κ3) is 10.5. The monoisotopic (exact) mass is 867 g/mol. The van der Waals surface area contributed by atoms with Crippen LogP contribution in [0.15, 0.2) is 0 Å². The van der Waals surface area contributed by atoms with E-state index in [-0.39, 0.29) is 0 Å². The number of nitrogens with one attached hydrogen (secondary N) is 1. The summed E-state index contributed by atoms with van der Waals surface area (Å²) in [6.45, 7) is -0.533. The molecule has 1 amide bonds. The molecule has 0 bridgehead atoms. The first-order chi connectivity index (χ1) is 27.8. The Bertz CT molecular complexity index is 1320. The van der Waals surface area contributed by atoms with Crippen LogP contribution in [-0.2, 0) is 52.2 Å². The van der Waals surface area contributed by atoms with Crippen LogP contribution in [0, 0.1) is 0 Å². The predicted molar refractivity (Wildman–Crippen MR) is 181 cm³/mol. The lowest BCUT2D eigenvalue weighted by molar-refractivity contribution is -0.378. The number of carbonyl (C=O) groups is 1. The highest BCUT2D eigenvalue weighted by atomic mass is 16.8. The molecule has 0 aromatic heterocycles. The van der Waals surface area contributed by atoms with Crippen LogP contribution in [0.4, 0.5) is 0 Å². The third-order valence-electron chi connectivity index (χ3n) is 10.9. The van der Waals surface area contributed by atoms with Gasteiger partial charge in [-0.25, -0.2) is 0 Å². The molecule has 0 aromatic carbocycles. The Morgan fingerprint density at radius 1 is 0.492 bits per heavy atom. The van der Waals surface area contributed by atoms with Crippen LogP contribution >= 0.6 is 0 Å². The van der Waals surface area contributed by atoms with Gasteiger partial charge >= 0.3 is 0 Å². The van der Waals surface area contributed by atoms with E-state index in [0.29, 0.717) is 0 Å². The Kier molecular flexibility index (Phi) is 17.1. The Balaban J connectivity index is 1.37. The van der Waals surface area contributed by atoms with E-state index in [1.54, 1.807) is 0 Å². The second-order valence-electron chi connectivity index (χ2n) is 15.0. The van der Waals surface area contributed by atoms with Crippen LogP contribution in [0.1, 0.15) is 13.8 Å². The number of hydrogen-bond acceptors (Lipinski definition) is 25. The number of aliphatic hydroxyl groups excluding tert-OH is 14. The highest BCUT2D eigenvalue weighted by Crippen LogP contribution is 2.35. The molecule has 5 aliphatic heterocycles. The van der Waals surface area contributed by atoms with Crippen LogP contribution in [0.3, 0.4) is 0 Å². The van der Waals surface area contributed by atoms with Gasteiger partial charge in [0.1, 0.15) is 116 Å². The topological polar surface area (TPSA) is 405 Å². The number of rotatable bonds is 14. The van der Waals surface area contributed by atoms with Gasteiger partial charge in [0.05, 0.1) is 32.5 Å². The van der Waals surface area contributed by atoms with E-state index in [2.05, 4.69) is 5.32 Å². The molecule has 5 heterocycles. The Morgan fingerprint density at radius 3 is 1.34 bits per heavy atom. The summed E-state index contributed by atoms with van der Waals surface area (Å²) in [5.41, 5.74) is 0. The Morgan fingerprint density at radius 2 is 0.881 bits per heavy atom. The maximum Gasteiger partial charge on any atom is 0.217 e. The van der Waals surface area contributed by atoms with Gasteiger partial charge in [0, 0.05) is 14.0 Å². The third-order valence-corrected chi connectivity index (χ3v) is 10.9. The zero-order valence-electron chi connectivity index (χ0n) is 32.0. The van der Waals surface area contributed by atoms with Crippen molar-refractivity contribution in [2.75, 3.05) is 33.5 Å². The quantitative estimate of drug-likeness (QED) is 0.0771. The highest BCUT2D eigenvalue weighted by Gasteiger charge is 2.56. The molecule has 5 fully saturated rings. The van der Waals surface area contributed by atoms with Gasteiger partial charge < -0.3 is 124 Å². The lowest BCUT2D eigenvalue weighted by Gasteiger charge is -2.50. The maximum atomic E-state index is 12.5. The second kappa shape index (κ2) is 20.8. The predicted octanol–water partition coefficient (Wildman–Crippen LogP) is -10.1. The van der Waals surface area contributed by atoms with E-state index in [4.69, 9.17) is 47.4 Å². The van der Waals surface area contributed by atoms with E-state index < -0.39 is 186 Å². The molecule has 344 valence electrons. The first kappa shape index (κ1) is 48.5. The molecule has 25 atom stereocenters. The summed E-state index contributed by atoms with van der Waals surface area (Å²) in [4.78, 5) is 12.5. The van der Waals surface area contributed by atoms with Crippen molar-refractivity contribution in [1.82, 2.24) is 5.32 Å². The van der Waals surface area contributed by atoms with Gasteiger partial charge in [0.25, 0.3) is 0 Å². The summed E-state index contributed by atoms with van der Waals surface area (Å²) in [6.07, 6.45) is -41.0. The average Bonchev–Trinajstić information content (AvgIpc) is 3.21. The molecule has 5 aliphatic rings. The molecule has 0 unspecified atom stereocenters. The lowest BCUT2D eigenvalue weighted by atomic mass is 9.94. The number of amides is 1. The molecule has 0 aliphatic carbocycles. The average molecular weight is 868 g/mol. The summed E-state index contributed by atoms with van der Waals surface area (Å²) in [6, 6.07) is -1.42. The Hall–Kier alpha value is -1.49. The van der Waals surface area contributed by atoms with Crippen molar-refractivity contribution in [3.05, 3.63) is 0 Å². The highest BCUT2D eigenvalue weighted by molar-refractivity contribution is 5.73. The van der Waals surface area contributed by atoms with Gasteiger partial charge in [-0.15, -0.1) is 0 Å². The van der Waals surface area contributed by atoms with Gasteiger partial charge in [-0.3, -0.25) is 4.79 Å². The van der Waals surface area contributed by atoms with E-state index >= 15 is 0 Å². The molecule has 0 aromatic rings.